The van der Waals surface area contributed by atoms with Crippen LogP contribution < -0.4 is 14.7 Å². The van der Waals surface area contributed by atoms with Crippen molar-refractivity contribution in [1.82, 2.24) is 10.2 Å². The second kappa shape index (κ2) is 7.03. The van der Waals surface area contributed by atoms with Gasteiger partial charge in [-0.25, -0.2) is 4.79 Å². The highest BCUT2D eigenvalue weighted by Gasteiger charge is 2.41. The predicted molar refractivity (Wildman–Crippen MR) is 93.9 cm³/mol. The van der Waals surface area contributed by atoms with Gasteiger partial charge in [-0.3, -0.25) is 4.79 Å². The van der Waals surface area contributed by atoms with E-state index in [1.54, 1.807) is 17.0 Å². The Morgan fingerprint density at radius 1 is 1.33 bits per heavy atom. The number of carbonyl (C=O) groups is 2. The molecule has 9 nitrogen and oxygen atoms in total. The van der Waals surface area contributed by atoms with E-state index >= 15 is 0 Å². The van der Waals surface area contributed by atoms with E-state index in [2.05, 4.69) is 5.32 Å². The zero-order valence-corrected chi connectivity index (χ0v) is 14.6. The second-order valence-corrected chi connectivity index (χ2v) is 7.11. The molecule has 1 aromatic rings. The number of aliphatic hydroxyl groups is 1. The van der Waals surface area contributed by atoms with Crippen molar-refractivity contribution in [2.45, 2.75) is 37.4 Å². The number of amides is 1. The molecule has 10 heteroatoms. The SMILES string of the molecule is O=C(O)c1c(OC2CN(C(=O)[C@H]3NCC[C@H]3O)C2)ccc2c1OB(O)CC2. The van der Waals surface area contributed by atoms with Crippen molar-refractivity contribution in [3.8, 4) is 11.5 Å². The van der Waals surface area contributed by atoms with Gasteiger partial charge in [0.05, 0.1) is 19.2 Å². The number of benzene rings is 1. The normalized spacial score (nSPS) is 24.8. The van der Waals surface area contributed by atoms with E-state index in [9.17, 15) is 24.8 Å². The Morgan fingerprint density at radius 2 is 2.11 bits per heavy atom. The van der Waals surface area contributed by atoms with Gasteiger partial charge in [-0.05, 0) is 37.3 Å². The van der Waals surface area contributed by atoms with E-state index in [1.807, 2.05) is 0 Å². The fourth-order valence-electron chi connectivity index (χ4n) is 3.72. The highest BCUT2D eigenvalue weighted by atomic mass is 16.5. The lowest BCUT2D eigenvalue weighted by molar-refractivity contribution is -0.144. The van der Waals surface area contributed by atoms with Crippen LogP contribution in [0.25, 0.3) is 0 Å². The van der Waals surface area contributed by atoms with Crippen LogP contribution in [-0.2, 0) is 11.2 Å². The monoisotopic (exact) mass is 376 g/mol. The van der Waals surface area contributed by atoms with E-state index in [-0.39, 0.29) is 29.1 Å². The average molecular weight is 376 g/mol. The van der Waals surface area contributed by atoms with Gasteiger partial charge in [0.25, 0.3) is 0 Å². The maximum absolute atomic E-state index is 12.3. The lowest BCUT2D eigenvalue weighted by Gasteiger charge is -2.40. The van der Waals surface area contributed by atoms with Gasteiger partial charge in [0.2, 0.25) is 5.91 Å². The van der Waals surface area contributed by atoms with Gasteiger partial charge in [-0.2, -0.15) is 0 Å². The number of carbonyl (C=O) groups excluding carboxylic acids is 1. The minimum absolute atomic E-state index is 0.107. The highest BCUT2D eigenvalue weighted by Crippen LogP contribution is 2.37. The summed E-state index contributed by atoms with van der Waals surface area (Å²) in [6.45, 7) is 1.25. The van der Waals surface area contributed by atoms with Gasteiger partial charge in [0, 0.05) is 0 Å². The molecule has 0 bridgehead atoms. The largest absolute Gasteiger partial charge is 0.535 e. The molecule has 0 radical (unpaired) electrons. The lowest BCUT2D eigenvalue weighted by atomic mass is 9.78. The van der Waals surface area contributed by atoms with E-state index in [0.717, 1.165) is 5.56 Å². The van der Waals surface area contributed by atoms with E-state index in [4.69, 9.17) is 9.39 Å². The number of nitrogens with one attached hydrogen (secondary N) is 1. The fourth-order valence-corrected chi connectivity index (χ4v) is 3.72. The standard InChI is InChI=1S/C17H21BN2O7/c21-11-4-6-19-14(11)16(22)20-7-10(8-20)26-12-2-1-9-3-5-18(25)27-15(9)13(12)17(23)24/h1-2,10-11,14,19,21,25H,3-8H2,(H,23,24)/t11-,14+/m1/s1. The maximum atomic E-state index is 12.3. The first-order valence-corrected chi connectivity index (χ1v) is 9.05. The number of carboxylic acid groups (broad SMARTS) is 1. The van der Waals surface area contributed by atoms with Gasteiger partial charge in [0.15, 0.2) is 0 Å². The maximum Gasteiger partial charge on any atom is 0.522 e. The minimum Gasteiger partial charge on any atom is -0.535 e. The molecule has 0 saturated carbocycles. The third-order valence-electron chi connectivity index (χ3n) is 5.24. The molecule has 0 aromatic heterocycles. The topological polar surface area (TPSA) is 129 Å². The number of rotatable bonds is 4. The van der Waals surface area contributed by atoms with Gasteiger partial charge in [-0.15, -0.1) is 0 Å². The van der Waals surface area contributed by atoms with Crippen molar-refractivity contribution >= 4 is 19.0 Å². The lowest BCUT2D eigenvalue weighted by Crippen LogP contribution is -2.61. The number of hydrogen-bond acceptors (Lipinski definition) is 7. The van der Waals surface area contributed by atoms with Crippen LogP contribution in [0, 0.1) is 0 Å². The summed E-state index contributed by atoms with van der Waals surface area (Å²) in [5.74, 6) is -1.06. The molecule has 2 atom stereocenters. The van der Waals surface area contributed by atoms with Crippen LogP contribution in [0.15, 0.2) is 12.1 Å². The van der Waals surface area contributed by atoms with Gasteiger partial charge in [0.1, 0.15) is 29.2 Å². The third kappa shape index (κ3) is 3.35. The van der Waals surface area contributed by atoms with Crippen LogP contribution in [-0.4, -0.2) is 77.0 Å². The molecule has 2 saturated heterocycles. The van der Waals surface area contributed by atoms with E-state index < -0.39 is 25.2 Å². The summed E-state index contributed by atoms with van der Waals surface area (Å²) >= 11 is 0. The molecule has 3 heterocycles. The van der Waals surface area contributed by atoms with Crippen LogP contribution in [0.5, 0.6) is 11.5 Å². The molecule has 1 aromatic carbocycles. The van der Waals surface area contributed by atoms with Crippen LogP contribution in [0.4, 0.5) is 0 Å². The first-order valence-electron chi connectivity index (χ1n) is 9.05. The summed E-state index contributed by atoms with van der Waals surface area (Å²) in [7, 11) is -1.03. The van der Waals surface area contributed by atoms with Crippen molar-refractivity contribution in [2.75, 3.05) is 19.6 Å². The second-order valence-electron chi connectivity index (χ2n) is 7.11. The van der Waals surface area contributed by atoms with Crippen LogP contribution in [0.2, 0.25) is 6.32 Å². The number of hydrogen-bond donors (Lipinski definition) is 4. The first-order chi connectivity index (χ1) is 12.9. The Kier molecular flexibility index (Phi) is 4.71. The average Bonchev–Trinajstić information content (AvgIpc) is 3.02. The van der Waals surface area contributed by atoms with E-state index in [1.165, 1.54) is 0 Å². The molecule has 0 aliphatic carbocycles. The number of ether oxygens (including phenoxy) is 1. The predicted octanol–water partition coefficient (Wildman–Crippen LogP) is -0.887. The molecule has 0 unspecified atom stereocenters. The number of nitrogens with zero attached hydrogens (tertiary/aromatic N) is 1. The van der Waals surface area contributed by atoms with Crippen molar-refractivity contribution in [3.05, 3.63) is 23.3 Å². The first kappa shape index (κ1) is 18.1. The van der Waals surface area contributed by atoms with Crippen molar-refractivity contribution < 1.29 is 34.2 Å². The number of aliphatic hydroxyl groups excluding tert-OH is 1. The Morgan fingerprint density at radius 3 is 2.78 bits per heavy atom. The van der Waals surface area contributed by atoms with Crippen molar-refractivity contribution in [3.63, 3.8) is 0 Å². The zero-order chi connectivity index (χ0) is 19.1. The summed E-state index contributed by atoms with van der Waals surface area (Å²) in [6, 6.07) is 2.75. The molecule has 3 aliphatic heterocycles. The van der Waals surface area contributed by atoms with Gasteiger partial charge < -0.3 is 34.8 Å². The highest BCUT2D eigenvalue weighted by molar-refractivity contribution is 6.44. The van der Waals surface area contributed by atoms with E-state index in [0.29, 0.717) is 38.8 Å². The van der Waals surface area contributed by atoms with Gasteiger partial charge >= 0.3 is 13.1 Å². The number of aryl methyl sites for hydroxylation is 1. The fraction of sp³-hybridized carbons (Fsp3) is 0.529. The smallest absolute Gasteiger partial charge is 0.522 e. The number of aromatic carboxylic acids is 1. The Bertz CT molecular complexity index is 768. The molecule has 1 amide bonds. The van der Waals surface area contributed by atoms with Crippen molar-refractivity contribution in [1.29, 1.82) is 0 Å². The van der Waals surface area contributed by atoms with Crippen LogP contribution in [0.3, 0.4) is 0 Å². The zero-order valence-electron chi connectivity index (χ0n) is 14.6. The summed E-state index contributed by atoms with van der Waals surface area (Å²) in [4.78, 5) is 25.7. The molecule has 2 fully saturated rings. The van der Waals surface area contributed by atoms with Gasteiger partial charge in [-0.1, -0.05) is 6.07 Å². The molecule has 27 heavy (non-hydrogen) atoms. The summed E-state index contributed by atoms with van der Waals surface area (Å²) < 4.78 is 11.1. The Hall–Kier alpha value is -2.30. The number of likely N-dealkylation sites (tertiary alicyclic amines) is 1. The molecule has 144 valence electrons. The Labute approximate surface area is 156 Å². The van der Waals surface area contributed by atoms with Crippen LogP contribution >= 0.6 is 0 Å². The molecule has 4 N–H and O–H groups in total. The third-order valence-corrected chi connectivity index (χ3v) is 5.24. The molecule has 0 spiro atoms. The summed E-state index contributed by atoms with van der Waals surface area (Å²) in [6.07, 6.45) is 0.469. The quantitative estimate of drug-likeness (QED) is 0.499. The summed E-state index contributed by atoms with van der Waals surface area (Å²) in [5.41, 5.74) is 0.612. The molecule has 3 aliphatic rings. The molecular formula is C17H21BN2O7. The molecular weight excluding hydrogens is 355 g/mol. The molecule has 4 rings (SSSR count). The minimum atomic E-state index is -1.19. The Balaban J connectivity index is 1.44. The van der Waals surface area contributed by atoms with Crippen LogP contribution in [0.1, 0.15) is 22.3 Å². The summed E-state index contributed by atoms with van der Waals surface area (Å²) in [5, 5.41) is 32.1. The van der Waals surface area contributed by atoms with Crippen molar-refractivity contribution in [2.24, 2.45) is 0 Å². The number of carboxylic acids is 1. The number of fused-ring (bicyclic) bond motifs is 1.